The highest BCUT2D eigenvalue weighted by Crippen LogP contribution is 2.19. The molecule has 0 unspecified atom stereocenters. The normalized spacial score (nSPS) is 9.58. The lowest BCUT2D eigenvalue weighted by atomic mass is 10.1. The number of benzene rings is 1. The smallest absolute Gasteiger partial charge is 0.128 e. The zero-order chi connectivity index (χ0) is 9.14. The van der Waals surface area contributed by atoms with E-state index in [-0.39, 0.29) is 5.82 Å². The van der Waals surface area contributed by atoms with Crippen molar-refractivity contribution in [3.8, 4) is 0 Å². The second-order valence-electron chi connectivity index (χ2n) is 2.76. The molecule has 0 bridgehead atoms. The molecule has 64 valence electrons. The van der Waals surface area contributed by atoms with E-state index in [1.165, 1.54) is 12.3 Å². The molecular weight excluding hydrogens is 153 g/mol. The van der Waals surface area contributed by atoms with Crippen LogP contribution in [-0.2, 0) is 0 Å². The topological polar surface area (TPSA) is 12.0 Å². The monoisotopic (exact) mass is 165 g/mol. The van der Waals surface area contributed by atoms with Gasteiger partial charge in [-0.15, -0.1) is 0 Å². The largest absolute Gasteiger partial charge is 0.362 e. The lowest BCUT2D eigenvalue weighted by Gasteiger charge is -2.06. The quantitative estimate of drug-likeness (QED) is 0.710. The van der Waals surface area contributed by atoms with Crippen molar-refractivity contribution >= 4 is 5.69 Å². The first-order valence-electron chi connectivity index (χ1n) is 3.79. The summed E-state index contributed by atoms with van der Waals surface area (Å²) in [7, 11) is 0. The predicted octanol–water partition coefficient (Wildman–Crippen LogP) is 3.00. The molecular formula is C10H12FN. The van der Waals surface area contributed by atoms with Crippen LogP contribution in [0.5, 0.6) is 0 Å². The first kappa shape index (κ1) is 8.78. The van der Waals surface area contributed by atoms with Crippen LogP contribution in [0.2, 0.25) is 0 Å². The number of halogens is 1. The molecule has 0 radical (unpaired) electrons. The molecule has 0 spiro atoms. The van der Waals surface area contributed by atoms with E-state index in [0.717, 1.165) is 11.3 Å². The third-order valence-corrected chi connectivity index (χ3v) is 1.76. The van der Waals surface area contributed by atoms with Crippen LogP contribution in [-0.4, -0.2) is 0 Å². The van der Waals surface area contributed by atoms with E-state index in [1.54, 1.807) is 13.0 Å². The number of anilines is 1. The summed E-state index contributed by atoms with van der Waals surface area (Å²) in [6, 6.07) is 3.29. The molecule has 1 aromatic rings. The molecule has 1 rings (SSSR count). The van der Waals surface area contributed by atoms with E-state index < -0.39 is 0 Å². The van der Waals surface area contributed by atoms with Crippen molar-refractivity contribution in [1.82, 2.24) is 0 Å². The maximum absolute atomic E-state index is 13.0. The van der Waals surface area contributed by atoms with Crippen molar-refractivity contribution in [3.05, 3.63) is 41.9 Å². The highest BCUT2D eigenvalue weighted by atomic mass is 19.1. The molecule has 0 aliphatic carbocycles. The molecule has 0 saturated carbocycles. The molecule has 0 saturated heterocycles. The maximum Gasteiger partial charge on any atom is 0.128 e. The highest BCUT2D eigenvalue weighted by Gasteiger charge is 2.01. The van der Waals surface area contributed by atoms with Crippen LogP contribution in [0.15, 0.2) is 24.9 Å². The predicted molar refractivity (Wildman–Crippen MR) is 49.7 cm³/mol. The fourth-order valence-electron chi connectivity index (χ4n) is 1.09. The minimum absolute atomic E-state index is 0.190. The molecule has 1 aromatic carbocycles. The Morgan fingerprint density at radius 3 is 2.58 bits per heavy atom. The minimum Gasteiger partial charge on any atom is -0.362 e. The van der Waals surface area contributed by atoms with Crippen LogP contribution in [0, 0.1) is 19.7 Å². The summed E-state index contributed by atoms with van der Waals surface area (Å²) in [5.41, 5.74) is 2.46. The van der Waals surface area contributed by atoms with E-state index >= 15 is 0 Å². The lowest BCUT2D eigenvalue weighted by Crippen LogP contribution is -1.93. The van der Waals surface area contributed by atoms with Gasteiger partial charge in [0.05, 0.1) is 0 Å². The Hall–Kier alpha value is -1.31. The van der Waals surface area contributed by atoms with Crippen molar-refractivity contribution in [2.45, 2.75) is 13.8 Å². The number of rotatable bonds is 2. The molecule has 0 atom stereocenters. The summed E-state index contributed by atoms with van der Waals surface area (Å²) in [6.07, 6.45) is 1.54. The van der Waals surface area contributed by atoms with Gasteiger partial charge >= 0.3 is 0 Å². The van der Waals surface area contributed by atoms with Crippen molar-refractivity contribution < 1.29 is 4.39 Å². The Labute approximate surface area is 71.9 Å². The van der Waals surface area contributed by atoms with Gasteiger partial charge in [-0.25, -0.2) is 4.39 Å². The van der Waals surface area contributed by atoms with Gasteiger partial charge in [-0.05, 0) is 37.2 Å². The molecule has 12 heavy (non-hydrogen) atoms. The van der Waals surface area contributed by atoms with Crippen molar-refractivity contribution in [2.75, 3.05) is 5.32 Å². The Balaban J connectivity index is 3.13. The Morgan fingerprint density at radius 1 is 1.33 bits per heavy atom. The van der Waals surface area contributed by atoms with E-state index in [2.05, 4.69) is 11.9 Å². The Morgan fingerprint density at radius 2 is 2.00 bits per heavy atom. The lowest BCUT2D eigenvalue weighted by molar-refractivity contribution is 0.618. The van der Waals surface area contributed by atoms with Gasteiger partial charge < -0.3 is 5.32 Å². The van der Waals surface area contributed by atoms with Gasteiger partial charge in [0.1, 0.15) is 5.82 Å². The maximum atomic E-state index is 13.0. The third kappa shape index (κ3) is 1.64. The minimum atomic E-state index is -0.190. The van der Waals surface area contributed by atoms with Gasteiger partial charge in [0.15, 0.2) is 0 Å². The second-order valence-corrected chi connectivity index (χ2v) is 2.76. The molecule has 0 fully saturated rings. The van der Waals surface area contributed by atoms with Gasteiger partial charge in [0, 0.05) is 5.69 Å². The molecule has 1 N–H and O–H groups in total. The van der Waals surface area contributed by atoms with Crippen LogP contribution in [0.4, 0.5) is 10.1 Å². The van der Waals surface area contributed by atoms with Gasteiger partial charge in [0.2, 0.25) is 0 Å². The molecule has 0 aliphatic rings. The average Bonchev–Trinajstić information content (AvgIpc) is 2.01. The molecule has 2 heteroatoms. The zero-order valence-corrected chi connectivity index (χ0v) is 7.32. The van der Waals surface area contributed by atoms with Crippen LogP contribution in [0.1, 0.15) is 11.1 Å². The summed E-state index contributed by atoms with van der Waals surface area (Å²) >= 11 is 0. The molecule has 1 nitrogen and oxygen atoms in total. The Bertz CT molecular complexity index is 305. The SMILES string of the molecule is C=CNc1cc(F)c(C)cc1C. The molecule has 0 heterocycles. The number of nitrogens with one attached hydrogen (secondary N) is 1. The first-order chi connectivity index (χ1) is 5.65. The van der Waals surface area contributed by atoms with E-state index in [4.69, 9.17) is 0 Å². The van der Waals surface area contributed by atoms with Crippen LogP contribution < -0.4 is 5.32 Å². The van der Waals surface area contributed by atoms with E-state index in [9.17, 15) is 4.39 Å². The van der Waals surface area contributed by atoms with Crippen molar-refractivity contribution in [3.63, 3.8) is 0 Å². The van der Waals surface area contributed by atoms with Crippen molar-refractivity contribution in [2.24, 2.45) is 0 Å². The van der Waals surface area contributed by atoms with Crippen LogP contribution in [0.3, 0.4) is 0 Å². The summed E-state index contributed by atoms with van der Waals surface area (Å²) in [5.74, 6) is -0.190. The number of hydrogen-bond acceptors (Lipinski definition) is 1. The molecule has 0 amide bonds. The fraction of sp³-hybridized carbons (Fsp3) is 0.200. The summed E-state index contributed by atoms with van der Waals surface area (Å²) in [5, 5.41) is 2.87. The summed E-state index contributed by atoms with van der Waals surface area (Å²) in [4.78, 5) is 0. The number of hydrogen-bond donors (Lipinski definition) is 1. The second kappa shape index (κ2) is 3.39. The third-order valence-electron chi connectivity index (χ3n) is 1.76. The van der Waals surface area contributed by atoms with Crippen LogP contribution >= 0.6 is 0 Å². The van der Waals surface area contributed by atoms with Gasteiger partial charge in [-0.2, -0.15) is 0 Å². The summed E-state index contributed by atoms with van der Waals surface area (Å²) < 4.78 is 13.0. The van der Waals surface area contributed by atoms with Crippen LogP contribution in [0.25, 0.3) is 0 Å². The number of aryl methyl sites for hydroxylation is 2. The van der Waals surface area contributed by atoms with E-state index in [1.807, 2.05) is 6.92 Å². The molecule has 0 aliphatic heterocycles. The average molecular weight is 165 g/mol. The van der Waals surface area contributed by atoms with E-state index in [0.29, 0.717) is 5.56 Å². The Kier molecular flexibility index (Phi) is 2.48. The standard InChI is InChI=1S/C10H12FN/c1-4-12-10-6-9(11)7(2)5-8(10)3/h4-6,12H,1H2,2-3H3. The first-order valence-corrected chi connectivity index (χ1v) is 3.79. The van der Waals surface area contributed by atoms with Gasteiger partial charge in [-0.1, -0.05) is 12.6 Å². The summed E-state index contributed by atoms with van der Waals surface area (Å²) in [6.45, 7) is 7.19. The molecule has 0 aromatic heterocycles. The van der Waals surface area contributed by atoms with Gasteiger partial charge in [-0.3, -0.25) is 0 Å². The highest BCUT2D eigenvalue weighted by molar-refractivity contribution is 5.53. The fourth-order valence-corrected chi connectivity index (χ4v) is 1.09. The zero-order valence-electron chi connectivity index (χ0n) is 7.32. The van der Waals surface area contributed by atoms with Gasteiger partial charge in [0.25, 0.3) is 0 Å². The van der Waals surface area contributed by atoms with Crippen molar-refractivity contribution in [1.29, 1.82) is 0 Å².